The summed E-state index contributed by atoms with van der Waals surface area (Å²) in [5.41, 5.74) is 1.52. The van der Waals surface area contributed by atoms with Crippen LogP contribution in [-0.2, 0) is 4.79 Å². The fourth-order valence-corrected chi connectivity index (χ4v) is 2.50. The van der Waals surface area contributed by atoms with Crippen LogP contribution in [0.15, 0.2) is 48.8 Å². The lowest BCUT2D eigenvalue weighted by atomic mass is 10.2. The fraction of sp³-hybridized carbons (Fsp3) is 0.300. The number of rotatable bonds is 6. The number of carbonyl (C=O) groups is 2. The molecule has 2 aromatic heterocycles. The summed E-state index contributed by atoms with van der Waals surface area (Å²) >= 11 is 0. The second-order valence-electron chi connectivity index (χ2n) is 7.06. The van der Waals surface area contributed by atoms with Crippen LogP contribution in [0.3, 0.4) is 0 Å². The lowest BCUT2D eigenvalue weighted by Gasteiger charge is -2.10. The predicted octanol–water partition coefficient (Wildman–Crippen LogP) is 3.50. The van der Waals surface area contributed by atoms with Crippen molar-refractivity contribution in [2.45, 2.75) is 33.7 Å². The molecule has 0 aliphatic carbocycles. The third-order valence-corrected chi connectivity index (χ3v) is 4.11. The molecule has 0 aliphatic rings. The second-order valence-corrected chi connectivity index (χ2v) is 7.06. The molecule has 0 unspecified atom stereocenters. The van der Waals surface area contributed by atoms with Crippen LogP contribution in [0.5, 0.6) is 0 Å². The maximum atomic E-state index is 12.7. The van der Waals surface area contributed by atoms with E-state index in [4.69, 9.17) is 0 Å². The Bertz CT molecular complexity index is 972. The van der Waals surface area contributed by atoms with Crippen LogP contribution in [0.1, 0.15) is 44.2 Å². The smallest absolute Gasteiger partial charge is 0.276 e. The SMILES string of the molecule is CC(C)C(=O)Nc1cc(C(=O)Nc2cnn(C(C)C)c2)nn1-c1ccccc1. The first-order valence-electron chi connectivity index (χ1n) is 9.17. The molecule has 3 rings (SSSR count). The van der Waals surface area contributed by atoms with Gasteiger partial charge >= 0.3 is 0 Å². The molecular weight excluding hydrogens is 356 g/mol. The molecular formula is C20H24N6O2. The van der Waals surface area contributed by atoms with E-state index in [2.05, 4.69) is 20.8 Å². The van der Waals surface area contributed by atoms with Crippen molar-refractivity contribution >= 4 is 23.3 Å². The highest BCUT2D eigenvalue weighted by molar-refractivity contribution is 6.04. The van der Waals surface area contributed by atoms with Crippen LogP contribution >= 0.6 is 0 Å². The van der Waals surface area contributed by atoms with E-state index in [0.717, 1.165) is 5.69 Å². The maximum absolute atomic E-state index is 12.7. The number of para-hydroxylation sites is 1. The maximum Gasteiger partial charge on any atom is 0.276 e. The van der Waals surface area contributed by atoms with Crippen molar-refractivity contribution in [3.05, 3.63) is 54.5 Å². The van der Waals surface area contributed by atoms with Crippen LogP contribution in [-0.4, -0.2) is 31.4 Å². The highest BCUT2D eigenvalue weighted by atomic mass is 16.2. The molecule has 0 radical (unpaired) electrons. The lowest BCUT2D eigenvalue weighted by Crippen LogP contribution is -2.19. The molecule has 0 saturated heterocycles. The van der Waals surface area contributed by atoms with Crippen molar-refractivity contribution in [3.63, 3.8) is 0 Å². The van der Waals surface area contributed by atoms with Gasteiger partial charge in [-0.25, -0.2) is 4.68 Å². The Morgan fingerprint density at radius 2 is 1.75 bits per heavy atom. The number of anilines is 2. The first-order chi connectivity index (χ1) is 13.3. The molecule has 0 aliphatic heterocycles. The van der Waals surface area contributed by atoms with E-state index in [1.165, 1.54) is 0 Å². The second kappa shape index (κ2) is 8.08. The Labute approximate surface area is 163 Å². The molecule has 146 valence electrons. The summed E-state index contributed by atoms with van der Waals surface area (Å²) in [7, 11) is 0. The highest BCUT2D eigenvalue weighted by Crippen LogP contribution is 2.19. The minimum atomic E-state index is -0.377. The zero-order valence-electron chi connectivity index (χ0n) is 16.4. The van der Waals surface area contributed by atoms with Crippen LogP contribution in [0, 0.1) is 5.92 Å². The Morgan fingerprint density at radius 3 is 2.36 bits per heavy atom. The van der Waals surface area contributed by atoms with E-state index in [0.29, 0.717) is 11.5 Å². The van der Waals surface area contributed by atoms with Gasteiger partial charge in [0.15, 0.2) is 5.69 Å². The monoisotopic (exact) mass is 380 g/mol. The third kappa shape index (κ3) is 4.28. The van der Waals surface area contributed by atoms with E-state index in [9.17, 15) is 9.59 Å². The summed E-state index contributed by atoms with van der Waals surface area (Å²) in [4.78, 5) is 24.8. The summed E-state index contributed by atoms with van der Waals surface area (Å²) < 4.78 is 3.30. The standard InChI is InChI=1S/C20H24N6O2/c1-13(2)19(27)23-18-10-17(24-26(18)16-8-6-5-7-9-16)20(28)22-15-11-21-25(12-15)14(3)4/h5-14H,1-4H3,(H,22,28)(H,23,27). The number of hydrogen-bond donors (Lipinski definition) is 2. The van der Waals surface area contributed by atoms with Gasteiger partial charge in [0, 0.05) is 24.2 Å². The van der Waals surface area contributed by atoms with Gasteiger partial charge in [-0.2, -0.15) is 10.2 Å². The largest absolute Gasteiger partial charge is 0.318 e. The molecule has 2 N–H and O–H groups in total. The van der Waals surface area contributed by atoms with E-state index in [1.807, 2.05) is 44.2 Å². The van der Waals surface area contributed by atoms with E-state index in [1.54, 1.807) is 41.7 Å². The molecule has 28 heavy (non-hydrogen) atoms. The molecule has 8 nitrogen and oxygen atoms in total. The number of aromatic nitrogens is 4. The van der Waals surface area contributed by atoms with Gasteiger partial charge in [0.05, 0.1) is 17.6 Å². The molecule has 8 heteroatoms. The van der Waals surface area contributed by atoms with Crippen molar-refractivity contribution < 1.29 is 9.59 Å². The summed E-state index contributed by atoms with van der Waals surface area (Å²) in [5, 5.41) is 14.2. The Hall–Kier alpha value is -3.42. The quantitative estimate of drug-likeness (QED) is 0.684. The average molecular weight is 380 g/mol. The zero-order valence-corrected chi connectivity index (χ0v) is 16.4. The van der Waals surface area contributed by atoms with Gasteiger partial charge in [-0.1, -0.05) is 32.0 Å². The van der Waals surface area contributed by atoms with Gasteiger partial charge in [-0.15, -0.1) is 0 Å². The number of hydrogen-bond acceptors (Lipinski definition) is 4. The van der Waals surface area contributed by atoms with E-state index < -0.39 is 0 Å². The van der Waals surface area contributed by atoms with Crippen LogP contribution in [0.4, 0.5) is 11.5 Å². The minimum absolute atomic E-state index is 0.151. The first kappa shape index (κ1) is 19.3. The zero-order chi connectivity index (χ0) is 20.3. The van der Waals surface area contributed by atoms with Gasteiger partial charge in [-0.05, 0) is 26.0 Å². The van der Waals surface area contributed by atoms with E-state index in [-0.39, 0.29) is 29.5 Å². The lowest BCUT2D eigenvalue weighted by molar-refractivity contribution is -0.118. The van der Waals surface area contributed by atoms with Gasteiger partial charge in [-0.3, -0.25) is 14.3 Å². The summed E-state index contributed by atoms with van der Waals surface area (Å²) in [6.07, 6.45) is 3.35. The van der Waals surface area contributed by atoms with Crippen molar-refractivity contribution in [1.29, 1.82) is 0 Å². The number of carbonyl (C=O) groups excluding carboxylic acids is 2. The number of benzene rings is 1. The average Bonchev–Trinajstić information content (AvgIpc) is 3.29. The van der Waals surface area contributed by atoms with Gasteiger partial charge in [0.1, 0.15) is 5.82 Å². The first-order valence-corrected chi connectivity index (χ1v) is 9.17. The third-order valence-electron chi connectivity index (χ3n) is 4.11. The summed E-state index contributed by atoms with van der Waals surface area (Å²) in [5.74, 6) is -0.286. The molecule has 2 heterocycles. The van der Waals surface area contributed by atoms with Crippen LogP contribution in [0.2, 0.25) is 0 Å². The molecule has 2 amide bonds. The van der Waals surface area contributed by atoms with E-state index >= 15 is 0 Å². The van der Waals surface area contributed by atoms with Crippen molar-refractivity contribution in [2.75, 3.05) is 10.6 Å². The predicted molar refractivity (Wildman–Crippen MR) is 108 cm³/mol. The van der Waals surface area contributed by atoms with Crippen molar-refractivity contribution in [3.8, 4) is 5.69 Å². The normalized spacial score (nSPS) is 11.1. The Morgan fingerprint density at radius 1 is 1.04 bits per heavy atom. The van der Waals surface area contributed by atoms with Crippen molar-refractivity contribution in [1.82, 2.24) is 19.6 Å². The molecule has 0 fully saturated rings. The molecule has 0 saturated carbocycles. The minimum Gasteiger partial charge on any atom is -0.318 e. The summed E-state index contributed by atoms with van der Waals surface area (Å²) in [6.45, 7) is 7.62. The van der Waals surface area contributed by atoms with Crippen LogP contribution < -0.4 is 10.6 Å². The van der Waals surface area contributed by atoms with Gasteiger partial charge in [0.2, 0.25) is 5.91 Å². The summed E-state index contributed by atoms with van der Waals surface area (Å²) in [6, 6.07) is 11.1. The number of amides is 2. The molecule has 3 aromatic rings. The molecule has 0 atom stereocenters. The van der Waals surface area contributed by atoms with Crippen molar-refractivity contribution in [2.24, 2.45) is 5.92 Å². The topological polar surface area (TPSA) is 93.8 Å². The molecule has 0 spiro atoms. The Balaban J connectivity index is 1.89. The van der Waals surface area contributed by atoms with Gasteiger partial charge < -0.3 is 10.6 Å². The highest BCUT2D eigenvalue weighted by Gasteiger charge is 2.19. The fourth-order valence-electron chi connectivity index (χ4n) is 2.50. The molecule has 1 aromatic carbocycles. The number of nitrogens with one attached hydrogen (secondary N) is 2. The van der Waals surface area contributed by atoms with Gasteiger partial charge in [0.25, 0.3) is 5.91 Å². The Kier molecular flexibility index (Phi) is 5.58. The molecule has 0 bridgehead atoms. The number of nitrogens with zero attached hydrogens (tertiary/aromatic N) is 4. The van der Waals surface area contributed by atoms with Crippen LogP contribution in [0.25, 0.3) is 5.69 Å².